The number of aromatic amines is 1. The van der Waals surface area contributed by atoms with Gasteiger partial charge in [0.2, 0.25) is 11.8 Å². The van der Waals surface area contributed by atoms with Crippen LogP contribution in [0.1, 0.15) is 12.0 Å². The van der Waals surface area contributed by atoms with Gasteiger partial charge in [-0.15, -0.1) is 0 Å². The molecule has 2 amide bonds. The minimum atomic E-state index is -1.22. The molecule has 0 bridgehead atoms. The number of aliphatic hydroxyl groups excluding tert-OH is 2. The second-order valence-corrected chi connectivity index (χ2v) is 8.92. The summed E-state index contributed by atoms with van der Waals surface area (Å²) in [5.74, 6) is -0.733. The van der Waals surface area contributed by atoms with Crippen LogP contribution in [0, 0.1) is 0 Å². The third kappa shape index (κ3) is 5.47. The molecular weight excluding hydrogens is 448 g/mol. The van der Waals surface area contributed by atoms with E-state index in [1.807, 2.05) is 55.4 Å². The summed E-state index contributed by atoms with van der Waals surface area (Å²) >= 11 is 0. The van der Waals surface area contributed by atoms with E-state index in [2.05, 4.69) is 10.3 Å². The molecule has 2 aromatic carbocycles. The van der Waals surface area contributed by atoms with E-state index in [0.717, 1.165) is 22.2 Å². The van der Waals surface area contributed by atoms with Crippen LogP contribution in [0.3, 0.4) is 0 Å². The van der Waals surface area contributed by atoms with Crippen molar-refractivity contribution >= 4 is 28.4 Å². The van der Waals surface area contributed by atoms with Gasteiger partial charge >= 0.3 is 0 Å². The zero-order valence-corrected chi connectivity index (χ0v) is 19.6. The van der Waals surface area contributed by atoms with Crippen LogP contribution in [0.15, 0.2) is 66.4 Å². The maximum absolute atomic E-state index is 13.0. The average molecular weight is 479 g/mol. The molecule has 1 aliphatic rings. The van der Waals surface area contributed by atoms with Crippen LogP contribution in [0.4, 0.5) is 5.69 Å². The highest BCUT2D eigenvalue weighted by atomic mass is 16.5. The SMILES string of the molecule is CN(C)c1cccc(O[C@@H]2C=C(C(=O)N[C@H](Cc3c[nH]c4ccccc34)C(N)=O)C[C@@H](O)[C@H]2O)c1. The van der Waals surface area contributed by atoms with Gasteiger partial charge in [0.15, 0.2) is 0 Å². The Balaban J connectivity index is 1.51. The molecule has 35 heavy (non-hydrogen) atoms. The monoisotopic (exact) mass is 478 g/mol. The van der Waals surface area contributed by atoms with Crippen molar-refractivity contribution in [2.24, 2.45) is 5.73 Å². The lowest BCUT2D eigenvalue weighted by Crippen LogP contribution is -2.49. The lowest BCUT2D eigenvalue weighted by molar-refractivity contribution is -0.126. The zero-order valence-electron chi connectivity index (χ0n) is 19.6. The number of H-pyrrole nitrogens is 1. The minimum Gasteiger partial charge on any atom is -0.483 e. The van der Waals surface area contributed by atoms with Crippen LogP contribution in [0.2, 0.25) is 0 Å². The molecule has 1 aromatic heterocycles. The van der Waals surface area contributed by atoms with Crippen LogP contribution in [0.5, 0.6) is 5.75 Å². The molecule has 9 heteroatoms. The number of nitrogens with one attached hydrogen (secondary N) is 2. The Bertz CT molecular complexity index is 1250. The number of aromatic nitrogens is 1. The number of amides is 2. The summed E-state index contributed by atoms with van der Waals surface area (Å²) in [5, 5.41) is 24.5. The van der Waals surface area contributed by atoms with Crippen molar-refractivity contribution in [2.75, 3.05) is 19.0 Å². The molecule has 0 spiro atoms. The van der Waals surface area contributed by atoms with Gasteiger partial charge in [-0.2, -0.15) is 0 Å². The first kappa shape index (κ1) is 24.3. The van der Waals surface area contributed by atoms with Crippen molar-refractivity contribution in [3.63, 3.8) is 0 Å². The molecule has 0 aliphatic heterocycles. The fourth-order valence-corrected chi connectivity index (χ4v) is 4.19. The van der Waals surface area contributed by atoms with Gasteiger partial charge in [0.1, 0.15) is 24.0 Å². The number of nitrogens with zero attached hydrogens (tertiary/aromatic N) is 1. The number of ether oxygens (including phenoxy) is 1. The van der Waals surface area contributed by atoms with E-state index >= 15 is 0 Å². The fourth-order valence-electron chi connectivity index (χ4n) is 4.19. The topological polar surface area (TPSA) is 141 Å². The molecule has 4 rings (SSSR count). The lowest BCUT2D eigenvalue weighted by atomic mass is 9.91. The number of hydrogen-bond acceptors (Lipinski definition) is 6. The summed E-state index contributed by atoms with van der Waals surface area (Å²) in [5.41, 5.74) is 8.47. The van der Waals surface area contributed by atoms with Gasteiger partial charge in [-0.1, -0.05) is 24.3 Å². The van der Waals surface area contributed by atoms with Gasteiger partial charge < -0.3 is 35.9 Å². The summed E-state index contributed by atoms with van der Waals surface area (Å²) in [6.45, 7) is 0. The quantitative estimate of drug-likeness (QED) is 0.330. The van der Waals surface area contributed by atoms with Gasteiger partial charge in [0.05, 0.1) is 6.10 Å². The summed E-state index contributed by atoms with van der Waals surface area (Å²) in [7, 11) is 3.79. The van der Waals surface area contributed by atoms with E-state index in [-0.39, 0.29) is 18.4 Å². The van der Waals surface area contributed by atoms with Crippen molar-refractivity contribution in [2.45, 2.75) is 37.2 Å². The van der Waals surface area contributed by atoms with Gasteiger partial charge in [0.25, 0.3) is 0 Å². The molecule has 6 N–H and O–H groups in total. The van der Waals surface area contributed by atoms with E-state index in [1.165, 1.54) is 6.08 Å². The molecule has 1 heterocycles. The molecule has 9 nitrogen and oxygen atoms in total. The first-order chi connectivity index (χ1) is 16.7. The highest BCUT2D eigenvalue weighted by Crippen LogP contribution is 2.27. The second kappa shape index (κ2) is 10.2. The molecule has 1 aliphatic carbocycles. The molecular formula is C26H30N4O5. The molecule has 0 radical (unpaired) electrons. The van der Waals surface area contributed by atoms with Gasteiger partial charge in [-0.25, -0.2) is 0 Å². The summed E-state index contributed by atoms with van der Waals surface area (Å²) < 4.78 is 5.91. The number of hydrogen-bond donors (Lipinski definition) is 5. The number of carbonyl (C=O) groups is 2. The molecule has 0 unspecified atom stereocenters. The van der Waals surface area contributed by atoms with E-state index in [4.69, 9.17) is 10.5 Å². The molecule has 0 saturated carbocycles. The van der Waals surface area contributed by atoms with Crippen LogP contribution >= 0.6 is 0 Å². The summed E-state index contributed by atoms with van der Waals surface area (Å²) in [4.78, 5) is 30.2. The zero-order chi connectivity index (χ0) is 25.1. The third-order valence-corrected chi connectivity index (χ3v) is 6.17. The van der Waals surface area contributed by atoms with E-state index < -0.39 is 36.2 Å². The number of benzene rings is 2. The van der Waals surface area contributed by atoms with Crippen LogP contribution in [-0.2, 0) is 16.0 Å². The Morgan fingerprint density at radius 2 is 1.97 bits per heavy atom. The number of primary amides is 1. The molecule has 0 fully saturated rings. The predicted octanol–water partition coefficient (Wildman–Crippen LogP) is 1.25. The normalized spacial score (nSPS) is 20.7. The van der Waals surface area contributed by atoms with Gasteiger partial charge in [-0.3, -0.25) is 9.59 Å². The molecule has 184 valence electrons. The largest absolute Gasteiger partial charge is 0.483 e. The first-order valence-electron chi connectivity index (χ1n) is 11.4. The lowest BCUT2D eigenvalue weighted by Gasteiger charge is -2.31. The number of aliphatic hydroxyl groups is 2. The predicted molar refractivity (Wildman–Crippen MR) is 133 cm³/mol. The van der Waals surface area contributed by atoms with E-state index in [9.17, 15) is 19.8 Å². The fraction of sp³-hybridized carbons (Fsp3) is 0.308. The van der Waals surface area contributed by atoms with Crippen LogP contribution < -0.4 is 20.7 Å². The average Bonchev–Trinajstić information content (AvgIpc) is 3.24. The number of nitrogens with two attached hydrogens (primary N) is 1. The summed E-state index contributed by atoms with van der Waals surface area (Å²) in [6, 6.07) is 13.9. The third-order valence-electron chi connectivity index (χ3n) is 6.17. The highest BCUT2D eigenvalue weighted by Gasteiger charge is 2.35. The Morgan fingerprint density at radius 3 is 2.71 bits per heavy atom. The number of para-hydroxylation sites is 1. The number of anilines is 1. The Hall–Kier alpha value is -3.82. The standard InChI is InChI=1S/C26H30N4O5/c1-30(2)17-6-5-7-18(13-17)35-23-12-15(11-22(31)24(23)32)26(34)29-21(25(27)33)10-16-14-28-20-9-4-3-8-19(16)20/h3-9,12-14,21-24,28,31-32H,10-11H2,1-2H3,(H2,27,33)(H,29,34)/t21-,22-,23-,24-/m1/s1. The van der Waals surface area contributed by atoms with Crippen molar-refractivity contribution in [1.29, 1.82) is 0 Å². The van der Waals surface area contributed by atoms with Gasteiger partial charge in [-0.05, 0) is 29.8 Å². The highest BCUT2D eigenvalue weighted by molar-refractivity contribution is 5.97. The maximum Gasteiger partial charge on any atom is 0.247 e. The number of fused-ring (bicyclic) bond motifs is 1. The Kier molecular flexibility index (Phi) is 7.09. The minimum absolute atomic E-state index is 0.0802. The molecule has 3 aromatic rings. The van der Waals surface area contributed by atoms with Crippen molar-refractivity contribution < 1.29 is 24.5 Å². The first-order valence-corrected chi connectivity index (χ1v) is 11.4. The Morgan fingerprint density at radius 1 is 1.20 bits per heavy atom. The molecule has 4 atom stereocenters. The maximum atomic E-state index is 13.0. The van der Waals surface area contributed by atoms with Crippen LogP contribution in [0.25, 0.3) is 10.9 Å². The smallest absolute Gasteiger partial charge is 0.247 e. The Labute approximate surface area is 203 Å². The van der Waals surface area contributed by atoms with Crippen LogP contribution in [-0.4, -0.2) is 65.5 Å². The summed E-state index contributed by atoms with van der Waals surface area (Å²) in [6.07, 6.45) is 0.0371. The molecule has 0 saturated heterocycles. The number of rotatable bonds is 8. The van der Waals surface area contributed by atoms with Gasteiger partial charge in [0, 0.05) is 61.4 Å². The van der Waals surface area contributed by atoms with Crippen molar-refractivity contribution in [3.05, 3.63) is 71.9 Å². The van der Waals surface area contributed by atoms with E-state index in [0.29, 0.717) is 5.75 Å². The van der Waals surface area contributed by atoms with Crippen molar-refractivity contribution in [3.8, 4) is 5.75 Å². The van der Waals surface area contributed by atoms with Crippen molar-refractivity contribution in [1.82, 2.24) is 10.3 Å². The van der Waals surface area contributed by atoms with E-state index in [1.54, 1.807) is 18.3 Å². The second-order valence-electron chi connectivity index (χ2n) is 8.92. The number of carbonyl (C=O) groups excluding carboxylic acids is 2.